The molecule has 0 bridgehead atoms. The number of nitrogens with one attached hydrogen (secondary N) is 2. The van der Waals surface area contributed by atoms with Gasteiger partial charge in [-0.05, 0) is 23.6 Å². The van der Waals surface area contributed by atoms with Gasteiger partial charge in [0.1, 0.15) is 0 Å². The van der Waals surface area contributed by atoms with E-state index < -0.39 is 0 Å². The second kappa shape index (κ2) is 7.28. The van der Waals surface area contributed by atoms with Crippen LogP contribution in [-0.4, -0.2) is 37.8 Å². The van der Waals surface area contributed by atoms with Crippen LogP contribution in [0.15, 0.2) is 52.8 Å². The molecule has 0 aliphatic heterocycles. The summed E-state index contributed by atoms with van der Waals surface area (Å²) in [5, 5.41) is 15.6. The summed E-state index contributed by atoms with van der Waals surface area (Å²) in [7, 11) is 0. The largest absolute Gasteiger partial charge is 0.351 e. The van der Waals surface area contributed by atoms with Gasteiger partial charge >= 0.3 is 0 Å². The molecule has 9 heteroatoms. The molecule has 130 valence electrons. The lowest BCUT2D eigenvalue weighted by Gasteiger charge is -2.03. The van der Waals surface area contributed by atoms with Crippen molar-refractivity contribution in [1.82, 2.24) is 30.6 Å². The summed E-state index contributed by atoms with van der Waals surface area (Å²) >= 11 is 1.54. The molecule has 4 heterocycles. The molecular formula is C17H14N6O2S. The number of H-pyrrole nitrogens is 1. The number of carbonyl (C=O) groups excluding carboxylic acids is 1. The molecule has 2 N–H and O–H groups in total. The quantitative estimate of drug-likeness (QED) is 0.543. The molecule has 0 saturated heterocycles. The maximum absolute atomic E-state index is 12.4. The van der Waals surface area contributed by atoms with E-state index >= 15 is 0 Å². The van der Waals surface area contributed by atoms with E-state index in [0.29, 0.717) is 35.9 Å². The minimum absolute atomic E-state index is 0.200. The van der Waals surface area contributed by atoms with Crippen molar-refractivity contribution in [1.29, 1.82) is 0 Å². The zero-order valence-corrected chi connectivity index (χ0v) is 14.4. The Kier molecular flexibility index (Phi) is 4.52. The van der Waals surface area contributed by atoms with Crippen LogP contribution >= 0.6 is 11.3 Å². The van der Waals surface area contributed by atoms with Crippen LogP contribution < -0.4 is 5.32 Å². The lowest BCUT2D eigenvalue weighted by Crippen LogP contribution is -2.25. The fraction of sp³-hybridized carbons (Fsp3) is 0.118. The predicted molar refractivity (Wildman–Crippen MR) is 95.5 cm³/mol. The summed E-state index contributed by atoms with van der Waals surface area (Å²) in [5.41, 5.74) is 2.01. The van der Waals surface area contributed by atoms with E-state index in [-0.39, 0.29) is 5.91 Å². The number of nitrogens with zero attached hydrogens (tertiary/aromatic N) is 4. The smallest absolute Gasteiger partial charge is 0.255 e. The van der Waals surface area contributed by atoms with Crippen LogP contribution in [-0.2, 0) is 6.42 Å². The molecule has 0 aliphatic rings. The summed E-state index contributed by atoms with van der Waals surface area (Å²) in [6, 6.07) is 7.53. The first kappa shape index (κ1) is 16.2. The zero-order valence-electron chi connectivity index (χ0n) is 13.5. The number of rotatable bonds is 6. The minimum atomic E-state index is -0.200. The lowest BCUT2D eigenvalue weighted by molar-refractivity contribution is 0.0954. The zero-order chi connectivity index (χ0) is 17.8. The van der Waals surface area contributed by atoms with Crippen molar-refractivity contribution in [2.45, 2.75) is 6.42 Å². The molecule has 0 fully saturated rings. The summed E-state index contributed by atoms with van der Waals surface area (Å²) < 4.78 is 5.22. The van der Waals surface area contributed by atoms with Gasteiger partial charge in [0.25, 0.3) is 5.91 Å². The first-order valence-electron chi connectivity index (χ1n) is 7.89. The highest BCUT2D eigenvalue weighted by Gasteiger charge is 2.16. The van der Waals surface area contributed by atoms with Crippen molar-refractivity contribution in [2.75, 3.05) is 6.54 Å². The van der Waals surface area contributed by atoms with Crippen LogP contribution in [0.25, 0.3) is 22.0 Å². The van der Waals surface area contributed by atoms with Crippen LogP contribution in [0.1, 0.15) is 16.2 Å². The van der Waals surface area contributed by atoms with Gasteiger partial charge in [-0.1, -0.05) is 11.2 Å². The van der Waals surface area contributed by atoms with Crippen molar-refractivity contribution >= 4 is 17.2 Å². The Morgan fingerprint density at radius 3 is 3.04 bits per heavy atom. The normalized spacial score (nSPS) is 10.8. The van der Waals surface area contributed by atoms with Gasteiger partial charge in [0, 0.05) is 30.9 Å². The molecular weight excluding hydrogens is 352 g/mol. The monoisotopic (exact) mass is 366 g/mol. The molecule has 1 amide bonds. The maximum atomic E-state index is 12.4. The summed E-state index contributed by atoms with van der Waals surface area (Å²) in [5.74, 6) is 0.734. The third-order valence-electron chi connectivity index (χ3n) is 3.66. The molecule has 4 aromatic rings. The highest BCUT2D eigenvalue weighted by atomic mass is 32.1. The first-order valence-corrected chi connectivity index (χ1v) is 8.77. The average Bonchev–Trinajstić information content (AvgIpc) is 3.42. The van der Waals surface area contributed by atoms with E-state index in [0.717, 1.165) is 10.4 Å². The van der Waals surface area contributed by atoms with Gasteiger partial charge in [0.05, 0.1) is 22.3 Å². The lowest BCUT2D eigenvalue weighted by atomic mass is 10.2. The van der Waals surface area contributed by atoms with Gasteiger partial charge in [-0.15, -0.1) is 11.3 Å². The molecule has 0 spiro atoms. The Morgan fingerprint density at radius 1 is 1.27 bits per heavy atom. The van der Waals surface area contributed by atoms with Crippen molar-refractivity contribution < 1.29 is 9.32 Å². The summed E-state index contributed by atoms with van der Waals surface area (Å²) in [4.78, 5) is 21.7. The number of hydrogen-bond donors (Lipinski definition) is 2. The number of thiophene rings is 1. The molecule has 0 atom stereocenters. The van der Waals surface area contributed by atoms with E-state index in [1.54, 1.807) is 23.7 Å². The number of carbonyl (C=O) groups is 1. The molecule has 8 nitrogen and oxygen atoms in total. The van der Waals surface area contributed by atoms with E-state index in [9.17, 15) is 4.79 Å². The van der Waals surface area contributed by atoms with Crippen LogP contribution in [0.5, 0.6) is 0 Å². The standard InChI is InChI=1S/C17H14N6O2S/c24-17(12-10-20-22-15(12)13-4-2-8-26-13)19-7-5-14-21-16(23-25-14)11-3-1-6-18-9-11/h1-4,6,8-10H,5,7H2,(H,19,24)(H,20,22). The molecule has 26 heavy (non-hydrogen) atoms. The fourth-order valence-corrected chi connectivity index (χ4v) is 3.15. The highest BCUT2D eigenvalue weighted by molar-refractivity contribution is 7.13. The SMILES string of the molecule is O=C(NCCc1nc(-c2cccnc2)no1)c1cn[nH]c1-c1cccs1. The second-order valence-electron chi connectivity index (χ2n) is 5.40. The van der Waals surface area contributed by atoms with Gasteiger partial charge in [0.15, 0.2) is 0 Å². The first-order chi connectivity index (χ1) is 12.8. The Balaban J connectivity index is 1.36. The molecule has 4 rings (SSSR count). The minimum Gasteiger partial charge on any atom is -0.351 e. The van der Waals surface area contributed by atoms with Crippen LogP contribution in [0, 0.1) is 0 Å². The Hall–Kier alpha value is -3.33. The second-order valence-corrected chi connectivity index (χ2v) is 6.34. The van der Waals surface area contributed by atoms with Crippen molar-refractivity contribution in [3.8, 4) is 22.0 Å². The fourth-order valence-electron chi connectivity index (χ4n) is 2.41. The van der Waals surface area contributed by atoms with Gasteiger partial charge < -0.3 is 9.84 Å². The molecule has 0 saturated carbocycles. The molecule has 0 aromatic carbocycles. The van der Waals surface area contributed by atoms with Gasteiger partial charge in [0.2, 0.25) is 11.7 Å². The Bertz CT molecular complexity index is 993. The molecule has 0 aliphatic carbocycles. The van der Waals surface area contributed by atoms with Gasteiger partial charge in [-0.2, -0.15) is 10.1 Å². The maximum Gasteiger partial charge on any atom is 0.255 e. The molecule has 0 unspecified atom stereocenters. The van der Waals surface area contributed by atoms with E-state index in [1.807, 2.05) is 29.6 Å². The number of aromatic amines is 1. The third kappa shape index (κ3) is 3.38. The molecule has 0 radical (unpaired) electrons. The predicted octanol–water partition coefficient (Wildman–Crippen LogP) is 2.56. The summed E-state index contributed by atoms with van der Waals surface area (Å²) in [6.45, 7) is 0.378. The average molecular weight is 366 g/mol. The topological polar surface area (TPSA) is 110 Å². The number of aromatic nitrogens is 5. The van der Waals surface area contributed by atoms with Crippen LogP contribution in [0.3, 0.4) is 0 Å². The van der Waals surface area contributed by atoms with Crippen molar-refractivity contribution in [3.63, 3.8) is 0 Å². The van der Waals surface area contributed by atoms with E-state index in [2.05, 4.69) is 30.6 Å². The highest BCUT2D eigenvalue weighted by Crippen LogP contribution is 2.25. The van der Waals surface area contributed by atoms with E-state index in [1.165, 1.54) is 6.20 Å². The Morgan fingerprint density at radius 2 is 2.23 bits per heavy atom. The van der Waals surface area contributed by atoms with Gasteiger partial charge in [-0.25, -0.2) is 0 Å². The number of hydrogen-bond acceptors (Lipinski definition) is 7. The van der Waals surface area contributed by atoms with Crippen molar-refractivity contribution in [2.24, 2.45) is 0 Å². The Labute approximate surface area is 152 Å². The van der Waals surface area contributed by atoms with Gasteiger partial charge in [-0.3, -0.25) is 14.9 Å². The number of amides is 1. The van der Waals surface area contributed by atoms with Crippen molar-refractivity contribution in [3.05, 3.63) is 59.7 Å². The number of pyridine rings is 1. The van der Waals surface area contributed by atoms with Crippen LogP contribution in [0.2, 0.25) is 0 Å². The molecule has 4 aromatic heterocycles. The van der Waals surface area contributed by atoms with E-state index in [4.69, 9.17) is 4.52 Å². The summed E-state index contributed by atoms with van der Waals surface area (Å²) in [6.07, 6.45) is 5.31. The third-order valence-corrected chi connectivity index (χ3v) is 4.55. The van der Waals surface area contributed by atoms with Crippen LogP contribution in [0.4, 0.5) is 0 Å².